The van der Waals surface area contributed by atoms with Gasteiger partial charge in [0.05, 0.1) is 0 Å². The summed E-state index contributed by atoms with van der Waals surface area (Å²) in [6, 6.07) is 0. The van der Waals surface area contributed by atoms with Crippen LogP contribution in [0.15, 0.2) is 11.1 Å². The van der Waals surface area contributed by atoms with E-state index in [0.717, 1.165) is 31.3 Å². The lowest BCUT2D eigenvalue weighted by Crippen LogP contribution is -2.08. The van der Waals surface area contributed by atoms with Crippen LogP contribution in [0, 0.1) is 5.92 Å². The molecule has 0 spiro atoms. The van der Waals surface area contributed by atoms with Crippen molar-refractivity contribution in [2.45, 2.75) is 52.9 Å². The van der Waals surface area contributed by atoms with Crippen molar-refractivity contribution in [3.63, 3.8) is 0 Å². The third-order valence-electron chi connectivity index (χ3n) is 2.99. The smallest absolute Gasteiger partial charge is 0.162 e. The van der Waals surface area contributed by atoms with Crippen molar-refractivity contribution in [2.75, 3.05) is 0 Å². The van der Waals surface area contributed by atoms with Crippen molar-refractivity contribution in [1.82, 2.24) is 0 Å². The molecule has 1 atom stereocenters. The molecule has 0 aromatic rings. The van der Waals surface area contributed by atoms with Crippen molar-refractivity contribution in [1.29, 1.82) is 0 Å². The molecule has 1 aliphatic carbocycles. The maximum Gasteiger partial charge on any atom is 0.162 e. The minimum Gasteiger partial charge on any atom is -0.294 e. The summed E-state index contributed by atoms with van der Waals surface area (Å²) < 4.78 is 0. The highest BCUT2D eigenvalue weighted by molar-refractivity contribution is 6.00. The van der Waals surface area contributed by atoms with E-state index < -0.39 is 0 Å². The fourth-order valence-electron chi connectivity index (χ4n) is 2.24. The number of hydrogen-bond acceptors (Lipinski definition) is 1. The predicted octanol–water partition coefficient (Wildman–Crippen LogP) is 3.49. The average molecular weight is 180 g/mol. The van der Waals surface area contributed by atoms with Crippen LogP contribution in [-0.4, -0.2) is 5.78 Å². The minimum absolute atomic E-state index is 0.316. The SMILES string of the molecule is CCCC1=C(CC)C(=O)C(CC)C1. The summed E-state index contributed by atoms with van der Waals surface area (Å²) in [5.41, 5.74) is 2.59. The molecular formula is C12H20O. The van der Waals surface area contributed by atoms with Gasteiger partial charge < -0.3 is 0 Å². The second kappa shape index (κ2) is 4.59. The Bertz CT molecular complexity index is 225. The van der Waals surface area contributed by atoms with Gasteiger partial charge in [-0.05, 0) is 31.3 Å². The maximum absolute atomic E-state index is 11.8. The van der Waals surface area contributed by atoms with Crippen molar-refractivity contribution in [3.8, 4) is 0 Å². The van der Waals surface area contributed by atoms with Gasteiger partial charge in [0.15, 0.2) is 5.78 Å². The van der Waals surface area contributed by atoms with E-state index in [4.69, 9.17) is 0 Å². The zero-order valence-corrected chi connectivity index (χ0v) is 9.02. The summed E-state index contributed by atoms with van der Waals surface area (Å²) in [6.45, 7) is 6.40. The number of allylic oxidation sites excluding steroid dienone is 2. The molecule has 13 heavy (non-hydrogen) atoms. The molecule has 0 N–H and O–H groups in total. The third-order valence-corrected chi connectivity index (χ3v) is 2.99. The average Bonchev–Trinajstić information content (AvgIpc) is 2.43. The first kappa shape index (κ1) is 10.5. The van der Waals surface area contributed by atoms with E-state index in [9.17, 15) is 4.79 Å². The van der Waals surface area contributed by atoms with Crippen LogP contribution in [0.1, 0.15) is 52.9 Å². The minimum atomic E-state index is 0.316. The van der Waals surface area contributed by atoms with Crippen molar-refractivity contribution in [2.24, 2.45) is 5.92 Å². The molecule has 1 aliphatic rings. The monoisotopic (exact) mass is 180 g/mol. The number of rotatable bonds is 4. The van der Waals surface area contributed by atoms with Gasteiger partial charge in [-0.2, -0.15) is 0 Å². The van der Waals surface area contributed by atoms with Gasteiger partial charge in [0.1, 0.15) is 0 Å². The molecule has 0 aliphatic heterocycles. The molecule has 1 rings (SSSR count). The van der Waals surface area contributed by atoms with Crippen LogP contribution in [0.5, 0.6) is 0 Å². The molecule has 1 nitrogen and oxygen atoms in total. The lowest BCUT2D eigenvalue weighted by Gasteiger charge is -2.03. The fourth-order valence-corrected chi connectivity index (χ4v) is 2.24. The van der Waals surface area contributed by atoms with Gasteiger partial charge in [-0.1, -0.05) is 32.8 Å². The Morgan fingerprint density at radius 3 is 2.46 bits per heavy atom. The zero-order chi connectivity index (χ0) is 9.84. The van der Waals surface area contributed by atoms with E-state index in [0.29, 0.717) is 11.7 Å². The number of Topliss-reactive ketones (excluding diaryl/α,β-unsaturated/α-hetero) is 1. The molecule has 0 aromatic carbocycles. The summed E-state index contributed by atoms with van der Waals surface area (Å²) in [5.74, 6) is 0.755. The molecule has 0 heterocycles. The topological polar surface area (TPSA) is 17.1 Å². The molecule has 0 saturated heterocycles. The van der Waals surface area contributed by atoms with Crippen molar-refractivity contribution >= 4 is 5.78 Å². The molecule has 0 saturated carbocycles. The molecule has 1 unspecified atom stereocenters. The van der Waals surface area contributed by atoms with Crippen LogP contribution in [-0.2, 0) is 4.79 Å². The van der Waals surface area contributed by atoms with E-state index in [1.807, 2.05) is 0 Å². The molecule has 0 aromatic heterocycles. The summed E-state index contributed by atoms with van der Waals surface area (Å²) >= 11 is 0. The normalized spacial score (nSPS) is 23.0. The molecule has 0 amide bonds. The maximum atomic E-state index is 11.8. The first-order valence-corrected chi connectivity index (χ1v) is 5.49. The first-order chi connectivity index (χ1) is 6.24. The summed E-state index contributed by atoms with van der Waals surface area (Å²) in [6.07, 6.45) is 5.29. The molecule has 74 valence electrons. The van der Waals surface area contributed by atoms with Crippen LogP contribution >= 0.6 is 0 Å². The van der Waals surface area contributed by atoms with Crippen molar-refractivity contribution < 1.29 is 4.79 Å². The van der Waals surface area contributed by atoms with E-state index in [2.05, 4.69) is 20.8 Å². The Balaban J connectivity index is 2.77. The van der Waals surface area contributed by atoms with Crippen LogP contribution in [0.25, 0.3) is 0 Å². The predicted molar refractivity (Wildman–Crippen MR) is 55.6 cm³/mol. The summed E-state index contributed by atoms with van der Waals surface area (Å²) in [4.78, 5) is 11.8. The highest BCUT2D eigenvalue weighted by atomic mass is 16.1. The molecule has 0 fully saturated rings. The molecule has 0 radical (unpaired) electrons. The van der Waals surface area contributed by atoms with Gasteiger partial charge in [-0.3, -0.25) is 4.79 Å². The van der Waals surface area contributed by atoms with E-state index >= 15 is 0 Å². The molecule has 0 bridgehead atoms. The van der Waals surface area contributed by atoms with Gasteiger partial charge in [-0.15, -0.1) is 0 Å². The van der Waals surface area contributed by atoms with Gasteiger partial charge in [-0.25, -0.2) is 0 Å². The van der Waals surface area contributed by atoms with Gasteiger partial charge >= 0.3 is 0 Å². The Kier molecular flexibility index (Phi) is 3.71. The number of hydrogen-bond donors (Lipinski definition) is 0. The Hall–Kier alpha value is -0.590. The standard InChI is InChI=1S/C12H20O/c1-4-7-10-8-9(5-2)12(13)11(10)6-3/h9H,4-8H2,1-3H3. The highest BCUT2D eigenvalue weighted by Crippen LogP contribution is 2.34. The molecule has 1 heteroatoms. The number of carbonyl (C=O) groups is 1. The lowest BCUT2D eigenvalue weighted by atomic mass is 10.00. The summed E-state index contributed by atoms with van der Waals surface area (Å²) in [5, 5.41) is 0. The van der Waals surface area contributed by atoms with Crippen molar-refractivity contribution in [3.05, 3.63) is 11.1 Å². The number of ketones is 1. The Morgan fingerprint density at radius 1 is 1.31 bits per heavy atom. The van der Waals surface area contributed by atoms with E-state index in [1.165, 1.54) is 12.0 Å². The number of carbonyl (C=O) groups excluding carboxylic acids is 1. The van der Waals surface area contributed by atoms with E-state index in [1.54, 1.807) is 0 Å². The first-order valence-electron chi connectivity index (χ1n) is 5.49. The van der Waals surface area contributed by atoms with Crippen LogP contribution in [0.3, 0.4) is 0 Å². The largest absolute Gasteiger partial charge is 0.294 e. The fraction of sp³-hybridized carbons (Fsp3) is 0.750. The second-order valence-electron chi connectivity index (χ2n) is 3.86. The third kappa shape index (κ3) is 2.01. The second-order valence-corrected chi connectivity index (χ2v) is 3.86. The van der Waals surface area contributed by atoms with Crippen LogP contribution < -0.4 is 0 Å². The van der Waals surface area contributed by atoms with Gasteiger partial charge in [0, 0.05) is 5.92 Å². The van der Waals surface area contributed by atoms with Crippen LogP contribution in [0.2, 0.25) is 0 Å². The Morgan fingerprint density at radius 2 is 2.00 bits per heavy atom. The Labute approximate surface area is 81.2 Å². The molecular weight excluding hydrogens is 160 g/mol. The zero-order valence-electron chi connectivity index (χ0n) is 9.02. The van der Waals surface area contributed by atoms with Crippen LogP contribution in [0.4, 0.5) is 0 Å². The van der Waals surface area contributed by atoms with E-state index in [-0.39, 0.29) is 0 Å². The lowest BCUT2D eigenvalue weighted by molar-refractivity contribution is -0.118. The quantitative estimate of drug-likeness (QED) is 0.647. The highest BCUT2D eigenvalue weighted by Gasteiger charge is 2.29. The van der Waals surface area contributed by atoms with Gasteiger partial charge in [0.25, 0.3) is 0 Å². The summed E-state index contributed by atoms with van der Waals surface area (Å²) in [7, 11) is 0. The van der Waals surface area contributed by atoms with Gasteiger partial charge in [0.2, 0.25) is 0 Å².